The first-order valence-corrected chi connectivity index (χ1v) is 22.7. The Hall–Kier alpha value is -7.20. The number of aromatic nitrogens is 3. The molecule has 0 amide bonds. The molecule has 15 heteroatoms. The largest absolute Gasteiger partial charge is 0.497 e. The third kappa shape index (κ3) is 12.3. The number of hydrogen-bond donors (Lipinski definition) is 0. The van der Waals surface area contributed by atoms with Gasteiger partial charge in [0.2, 0.25) is 0 Å². The molecule has 1 fully saturated rings. The van der Waals surface area contributed by atoms with Gasteiger partial charge in [0, 0.05) is 58.9 Å². The number of nitrogens with zero attached hydrogens (tertiary/aromatic N) is 6. The molecule has 1 saturated heterocycles. The summed E-state index contributed by atoms with van der Waals surface area (Å²) in [6, 6.07) is 28.9. The molecule has 15 nitrogen and oxygen atoms in total. The van der Waals surface area contributed by atoms with Crippen molar-refractivity contribution in [3.05, 3.63) is 142 Å². The number of ether oxygens (including phenoxy) is 6. The third-order valence-electron chi connectivity index (χ3n) is 12.4. The highest BCUT2D eigenvalue weighted by atomic mass is 16.5. The van der Waals surface area contributed by atoms with Gasteiger partial charge in [0.05, 0.1) is 59.7 Å². The molecular formula is C54H60N6O9. The van der Waals surface area contributed by atoms with Gasteiger partial charge in [-0.15, -0.1) is 0 Å². The number of methoxy groups -OCH3 is 6. The molecule has 0 bridgehead atoms. The average molecular weight is 937 g/mol. The number of rotatable bonds is 15. The molecule has 0 saturated carbocycles. The molecule has 0 N–H and O–H groups in total. The second-order valence-corrected chi connectivity index (χ2v) is 17.0. The van der Waals surface area contributed by atoms with Crippen molar-refractivity contribution in [3.63, 3.8) is 0 Å². The monoisotopic (exact) mass is 936 g/mol. The van der Waals surface area contributed by atoms with Gasteiger partial charge < -0.3 is 28.4 Å². The Morgan fingerprint density at radius 2 is 0.667 bits per heavy atom. The van der Waals surface area contributed by atoms with Crippen LogP contribution in [0, 0.1) is 20.8 Å². The van der Waals surface area contributed by atoms with Crippen LogP contribution >= 0.6 is 0 Å². The fourth-order valence-corrected chi connectivity index (χ4v) is 8.71. The number of carbonyl (C=O) groups excluding carboxylic acids is 3. The summed E-state index contributed by atoms with van der Waals surface area (Å²) in [6.07, 6.45) is 0. The van der Waals surface area contributed by atoms with Crippen molar-refractivity contribution in [1.29, 1.82) is 0 Å². The first kappa shape index (κ1) is 49.7. The maximum absolute atomic E-state index is 13.1. The van der Waals surface area contributed by atoms with Crippen LogP contribution in [-0.4, -0.2) is 129 Å². The molecule has 0 aliphatic carbocycles. The summed E-state index contributed by atoms with van der Waals surface area (Å²) in [7, 11) is 8.97. The number of carbonyl (C=O) groups is 3. The predicted molar refractivity (Wildman–Crippen MR) is 263 cm³/mol. The maximum Gasteiger partial charge on any atom is 0.356 e. The van der Waals surface area contributed by atoms with Gasteiger partial charge in [-0.1, -0.05) is 18.2 Å². The summed E-state index contributed by atoms with van der Waals surface area (Å²) in [6.45, 7) is 11.2. The molecular weight excluding hydrogens is 877 g/mol. The lowest BCUT2D eigenvalue weighted by atomic mass is 9.99. The molecule has 0 spiro atoms. The Morgan fingerprint density at radius 3 is 0.884 bits per heavy atom. The van der Waals surface area contributed by atoms with Gasteiger partial charge in [-0.25, -0.2) is 29.3 Å². The summed E-state index contributed by atoms with van der Waals surface area (Å²) in [5.74, 6) is 0.642. The van der Waals surface area contributed by atoms with Crippen LogP contribution < -0.4 is 14.2 Å². The van der Waals surface area contributed by atoms with Gasteiger partial charge in [0.25, 0.3) is 0 Å². The van der Waals surface area contributed by atoms with Gasteiger partial charge >= 0.3 is 17.9 Å². The highest BCUT2D eigenvalue weighted by molar-refractivity contribution is 5.90. The fourth-order valence-electron chi connectivity index (χ4n) is 8.71. The molecule has 360 valence electrons. The van der Waals surface area contributed by atoms with Crippen molar-refractivity contribution in [2.75, 3.05) is 81.9 Å². The predicted octanol–water partition coefficient (Wildman–Crippen LogP) is 8.00. The Morgan fingerprint density at radius 1 is 0.406 bits per heavy atom. The normalized spacial score (nSPS) is 13.7. The molecule has 3 aromatic heterocycles. The number of pyridine rings is 3. The molecule has 1 aliphatic rings. The van der Waals surface area contributed by atoms with E-state index in [0.29, 0.717) is 76.0 Å². The van der Waals surface area contributed by atoms with Crippen molar-refractivity contribution in [2.24, 2.45) is 0 Å². The fraction of sp³-hybridized carbons (Fsp3) is 0.333. The number of esters is 3. The molecule has 3 aromatic carbocycles. The lowest BCUT2D eigenvalue weighted by molar-refractivity contribution is 0.0584. The maximum atomic E-state index is 13.1. The third-order valence-corrected chi connectivity index (χ3v) is 12.4. The molecule has 4 heterocycles. The summed E-state index contributed by atoms with van der Waals surface area (Å²) in [5, 5.41) is 0. The summed E-state index contributed by atoms with van der Waals surface area (Å²) in [4.78, 5) is 60.7. The zero-order valence-corrected chi connectivity index (χ0v) is 40.9. The zero-order chi connectivity index (χ0) is 49.2. The molecule has 69 heavy (non-hydrogen) atoms. The van der Waals surface area contributed by atoms with E-state index in [9.17, 15) is 14.4 Å². The van der Waals surface area contributed by atoms with Crippen LogP contribution in [0.1, 0.15) is 65.2 Å². The highest BCUT2D eigenvalue weighted by Crippen LogP contribution is 2.32. The smallest absolute Gasteiger partial charge is 0.356 e. The number of hydrogen-bond acceptors (Lipinski definition) is 15. The van der Waals surface area contributed by atoms with Crippen LogP contribution in [-0.2, 0) is 33.8 Å². The van der Waals surface area contributed by atoms with E-state index in [4.69, 9.17) is 43.4 Å². The second-order valence-electron chi connectivity index (χ2n) is 17.0. The first-order chi connectivity index (χ1) is 33.3. The Labute approximate surface area is 403 Å². The topological polar surface area (TPSA) is 155 Å². The lowest BCUT2D eigenvalue weighted by Gasteiger charge is -2.26. The minimum Gasteiger partial charge on any atom is -0.497 e. The first-order valence-electron chi connectivity index (χ1n) is 22.7. The Balaban J connectivity index is 1.25. The van der Waals surface area contributed by atoms with Gasteiger partial charge in [-0.2, -0.15) is 0 Å². The second kappa shape index (κ2) is 22.7. The van der Waals surface area contributed by atoms with Gasteiger partial charge in [0.15, 0.2) is 0 Å². The van der Waals surface area contributed by atoms with E-state index in [-0.39, 0.29) is 17.1 Å². The van der Waals surface area contributed by atoms with Crippen LogP contribution in [0.2, 0.25) is 0 Å². The zero-order valence-electron chi connectivity index (χ0n) is 40.9. The molecule has 1 aliphatic heterocycles. The standard InChI is InChI=1S/C54H60N6O9/c1-34-22-43(64-4)10-13-46(34)37-25-40(55-49(28-37)52(61)67-7)31-58-16-18-59(32-41-26-38(29-50(56-41)53(62)68-8)47-14-11-44(65-5)23-35(47)2)20-21-60(19-17-58)33-42-27-39(30-51(57-42)54(63)69-9)48-15-12-45(66-6)24-36(48)3/h10-15,22-30H,16-21,31-33H2,1-9H3. The summed E-state index contributed by atoms with van der Waals surface area (Å²) >= 11 is 0. The molecule has 6 aromatic rings. The minimum atomic E-state index is -0.525. The molecule has 7 rings (SSSR count). The van der Waals surface area contributed by atoms with E-state index in [2.05, 4.69) is 14.7 Å². The number of benzene rings is 3. The van der Waals surface area contributed by atoms with E-state index in [0.717, 1.165) is 67.3 Å². The number of aryl methyl sites for hydroxylation is 3. The van der Waals surface area contributed by atoms with Crippen molar-refractivity contribution in [3.8, 4) is 50.6 Å². The summed E-state index contributed by atoms with van der Waals surface area (Å²) < 4.78 is 31.9. The molecule has 0 radical (unpaired) electrons. The quantitative estimate of drug-likeness (QED) is 0.0721. The van der Waals surface area contributed by atoms with Crippen LogP contribution in [0.15, 0.2) is 91.0 Å². The van der Waals surface area contributed by atoms with Gasteiger partial charge in [-0.05, 0) is 144 Å². The van der Waals surface area contributed by atoms with E-state index < -0.39 is 17.9 Å². The molecule has 0 atom stereocenters. The van der Waals surface area contributed by atoms with Crippen molar-refractivity contribution in [1.82, 2.24) is 29.7 Å². The van der Waals surface area contributed by atoms with Crippen LogP contribution in [0.5, 0.6) is 17.2 Å². The van der Waals surface area contributed by atoms with Crippen molar-refractivity contribution >= 4 is 17.9 Å². The van der Waals surface area contributed by atoms with E-state index in [1.807, 2.05) is 93.6 Å². The van der Waals surface area contributed by atoms with Gasteiger partial charge in [-0.3, -0.25) is 14.7 Å². The van der Waals surface area contributed by atoms with Gasteiger partial charge in [0.1, 0.15) is 34.3 Å². The van der Waals surface area contributed by atoms with E-state index in [1.54, 1.807) is 39.5 Å². The SMILES string of the molecule is COC(=O)c1cc(-c2ccc(OC)cc2C)cc(CN2CCN(Cc3cc(-c4ccc(OC)cc4C)cc(C(=O)OC)n3)CCN(Cc3cc(-c4ccc(OC)cc4C)cc(C(=O)OC)n3)CC2)n1. The van der Waals surface area contributed by atoms with E-state index in [1.165, 1.54) is 21.3 Å². The van der Waals surface area contributed by atoms with Crippen LogP contribution in [0.25, 0.3) is 33.4 Å². The lowest BCUT2D eigenvalue weighted by Crippen LogP contribution is -2.36. The summed E-state index contributed by atoms with van der Waals surface area (Å²) in [5.41, 5.74) is 11.1. The van der Waals surface area contributed by atoms with Crippen molar-refractivity contribution < 1.29 is 42.8 Å². The average Bonchev–Trinajstić information content (AvgIpc) is 3.45. The Kier molecular flexibility index (Phi) is 16.4. The van der Waals surface area contributed by atoms with Crippen LogP contribution in [0.4, 0.5) is 0 Å². The van der Waals surface area contributed by atoms with Crippen LogP contribution in [0.3, 0.4) is 0 Å². The highest BCUT2D eigenvalue weighted by Gasteiger charge is 2.23. The minimum absolute atomic E-state index is 0.215. The molecule has 0 unspecified atom stereocenters. The van der Waals surface area contributed by atoms with Crippen molar-refractivity contribution in [2.45, 2.75) is 40.4 Å². The van der Waals surface area contributed by atoms with E-state index >= 15 is 0 Å². The Bertz CT molecular complexity index is 2520.